The molecule has 22 heavy (non-hydrogen) atoms. The molecule has 0 aliphatic rings. The first-order valence-corrected chi connectivity index (χ1v) is 6.96. The second kappa shape index (κ2) is 5.98. The summed E-state index contributed by atoms with van der Waals surface area (Å²) in [6.45, 7) is 0. The molecule has 0 atom stereocenters. The molecule has 0 spiro atoms. The van der Waals surface area contributed by atoms with Gasteiger partial charge in [-0.05, 0) is 12.1 Å². The van der Waals surface area contributed by atoms with E-state index in [4.69, 9.17) is 28.3 Å². The molecule has 0 saturated heterocycles. The molecule has 2 rings (SSSR count). The molecule has 1 aromatic carbocycles. The van der Waals surface area contributed by atoms with Crippen LogP contribution in [0.15, 0.2) is 16.9 Å². The second-order valence-electron chi connectivity index (χ2n) is 4.66. The van der Waals surface area contributed by atoms with Crippen LogP contribution in [0, 0.1) is 0 Å². The van der Waals surface area contributed by atoms with Crippen LogP contribution in [0.1, 0.15) is 23.2 Å². The van der Waals surface area contributed by atoms with Crippen molar-refractivity contribution in [3.8, 4) is 5.75 Å². The van der Waals surface area contributed by atoms with Crippen LogP contribution in [-0.2, 0) is 11.8 Å². The Labute approximate surface area is 134 Å². The van der Waals surface area contributed by atoms with E-state index in [0.29, 0.717) is 0 Å². The zero-order valence-electron chi connectivity index (χ0n) is 11.4. The summed E-state index contributed by atoms with van der Waals surface area (Å²) in [6, 6.07) is 2.87. The number of benzene rings is 1. The number of carboxylic acid groups (broad SMARTS) is 1. The van der Waals surface area contributed by atoms with Gasteiger partial charge in [-0.3, -0.25) is 14.4 Å². The lowest BCUT2D eigenvalue weighted by Gasteiger charge is -2.12. The molecular weight excluding hydrogens is 333 g/mol. The molecule has 2 aromatic rings. The minimum atomic E-state index is -1.17. The summed E-state index contributed by atoms with van der Waals surface area (Å²) in [7, 11) is 1.39. The van der Waals surface area contributed by atoms with Gasteiger partial charge in [-0.1, -0.05) is 23.2 Å². The second-order valence-corrected chi connectivity index (χ2v) is 5.45. The zero-order valence-corrected chi connectivity index (χ0v) is 12.9. The number of nitrogens with zero attached hydrogens (tertiary/aromatic N) is 1. The van der Waals surface area contributed by atoms with Crippen molar-refractivity contribution in [2.45, 2.75) is 12.8 Å². The van der Waals surface area contributed by atoms with E-state index < -0.39 is 35.0 Å². The van der Waals surface area contributed by atoms with Crippen molar-refractivity contribution in [1.29, 1.82) is 0 Å². The van der Waals surface area contributed by atoms with Crippen molar-refractivity contribution in [3.05, 3.63) is 38.1 Å². The number of aliphatic carboxylic acids is 1. The van der Waals surface area contributed by atoms with E-state index in [2.05, 4.69) is 0 Å². The van der Waals surface area contributed by atoms with Crippen molar-refractivity contribution in [2.24, 2.45) is 7.05 Å². The molecule has 0 fully saturated rings. The van der Waals surface area contributed by atoms with Gasteiger partial charge in [0.1, 0.15) is 11.3 Å². The van der Waals surface area contributed by atoms with Gasteiger partial charge in [0.05, 0.1) is 22.0 Å². The molecule has 0 bridgehead atoms. The average molecular weight is 344 g/mol. The van der Waals surface area contributed by atoms with E-state index in [1.807, 2.05) is 0 Å². The van der Waals surface area contributed by atoms with E-state index in [0.717, 1.165) is 4.57 Å². The zero-order chi connectivity index (χ0) is 16.6. The number of rotatable bonds is 4. The summed E-state index contributed by atoms with van der Waals surface area (Å²) < 4.78 is 1.11. The Kier molecular flexibility index (Phi) is 4.44. The number of aryl methyl sites for hydroxylation is 1. The Morgan fingerprint density at radius 3 is 2.45 bits per heavy atom. The number of ketones is 1. The first-order valence-electron chi connectivity index (χ1n) is 6.20. The molecule has 0 amide bonds. The number of fused-ring (bicyclic) bond motifs is 1. The summed E-state index contributed by atoms with van der Waals surface area (Å²) in [5, 5.41) is 19.3. The maximum Gasteiger partial charge on any atom is 0.303 e. The van der Waals surface area contributed by atoms with E-state index >= 15 is 0 Å². The van der Waals surface area contributed by atoms with Gasteiger partial charge in [0, 0.05) is 18.9 Å². The van der Waals surface area contributed by atoms with Crippen LogP contribution in [0.4, 0.5) is 0 Å². The maximum atomic E-state index is 12.3. The third-order valence-electron chi connectivity index (χ3n) is 3.26. The summed E-state index contributed by atoms with van der Waals surface area (Å²) in [4.78, 5) is 34.9. The number of carbonyl (C=O) groups is 2. The lowest BCUT2D eigenvalue weighted by molar-refractivity contribution is -0.136. The summed E-state index contributed by atoms with van der Waals surface area (Å²) in [6.07, 6.45) is -0.814. The number of hydrogen-bond donors (Lipinski definition) is 2. The number of Topliss-reactive ketones (excluding diaryl/α,β-unsaturated/α-hetero) is 1. The van der Waals surface area contributed by atoms with E-state index in [9.17, 15) is 19.5 Å². The quantitative estimate of drug-likeness (QED) is 0.831. The van der Waals surface area contributed by atoms with Crippen LogP contribution in [-0.4, -0.2) is 26.5 Å². The minimum Gasteiger partial charge on any atom is -0.506 e. The monoisotopic (exact) mass is 343 g/mol. The van der Waals surface area contributed by atoms with Gasteiger partial charge in [-0.25, -0.2) is 0 Å². The highest BCUT2D eigenvalue weighted by molar-refractivity contribution is 6.45. The fourth-order valence-corrected chi connectivity index (χ4v) is 2.61. The largest absolute Gasteiger partial charge is 0.506 e. The van der Waals surface area contributed by atoms with E-state index in [-0.39, 0.29) is 27.4 Å². The van der Waals surface area contributed by atoms with Crippen molar-refractivity contribution < 1.29 is 19.8 Å². The van der Waals surface area contributed by atoms with Gasteiger partial charge >= 0.3 is 5.97 Å². The van der Waals surface area contributed by atoms with Gasteiger partial charge in [0.15, 0.2) is 5.78 Å². The van der Waals surface area contributed by atoms with Gasteiger partial charge in [-0.2, -0.15) is 0 Å². The Morgan fingerprint density at radius 2 is 1.86 bits per heavy atom. The van der Waals surface area contributed by atoms with Gasteiger partial charge in [0.25, 0.3) is 5.56 Å². The van der Waals surface area contributed by atoms with E-state index in [1.54, 1.807) is 0 Å². The molecule has 0 unspecified atom stereocenters. The molecule has 0 radical (unpaired) electrons. The topological polar surface area (TPSA) is 96.6 Å². The smallest absolute Gasteiger partial charge is 0.303 e. The van der Waals surface area contributed by atoms with Crippen LogP contribution in [0.25, 0.3) is 10.9 Å². The highest BCUT2D eigenvalue weighted by atomic mass is 35.5. The molecule has 1 heterocycles. The van der Waals surface area contributed by atoms with Crippen molar-refractivity contribution >= 4 is 45.9 Å². The number of carboxylic acids is 1. The summed E-state index contributed by atoms with van der Waals surface area (Å²) in [5.74, 6) is -2.43. The maximum absolute atomic E-state index is 12.3. The highest BCUT2D eigenvalue weighted by Crippen LogP contribution is 2.35. The lowest BCUT2D eigenvalue weighted by Crippen LogP contribution is -2.25. The van der Waals surface area contributed by atoms with Gasteiger partial charge in [-0.15, -0.1) is 0 Å². The lowest BCUT2D eigenvalue weighted by atomic mass is 10.0. The molecule has 1 aromatic heterocycles. The third kappa shape index (κ3) is 2.67. The summed E-state index contributed by atoms with van der Waals surface area (Å²) >= 11 is 11.9. The normalized spacial score (nSPS) is 10.9. The van der Waals surface area contributed by atoms with Crippen molar-refractivity contribution in [1.82, 2.24) is 4.57 Å². The Morgan fingerprint density at radius 1 is 1.23 bits per heavy atom. The average Bonchev–Trinajstić information content (AvgIpc) is 2.45. The number of halogens is 2. The third-order valence-corrected chi connectivity index (χ3v) is 4.05. The van der Waals surface area contributed by atoms with Crippen molar-refractivity contribution in [3.63, 3.8) is 0 Å². The van der Waals surface area contributed by atoms with Gasteiger partial charge < -0.3 is 14.8 Å². The van der Waals surface area contributed by atoms with Gasteiger partial charge in [0.2, 0.25) is 0 Å². The van der Waals surface area contributed by atoms with Crippen LogP contribution in [0.5, 0.6) is 5.75 Å². The number of aromatic hydroxyl groups is 1. The molecule has 116 valence electrons. The Hall–Kier alpha value is -2.05. The molecule has 0 aliphatic heterocycles. The molecule has 8 heteroatoms. The molecular formula is C14H11Cl2NO5. The number of hydrogen-bond acceptors (Lipinski definition) is 4. The fourth-order valence-electron chi connectivity index (χ4n) is 2.16. The Bertz CT molecular complexity index is 857. The van der Waals surface area contributed by atoms with Crippen LogP contribution in [0.3, 0.4) is 0 Å². The SMILES string of the molecule is Cn1c(=O)c(C(=O)CCC(=O)O)c(O)c2ccc(Cl)c(Cl)c21. The van der Waals surface area contributed by atoms with Crippen LogP contribution >= 0.6 is 23.2 Å². The first-order chi connectivity index (χ1) is 10.3. The first kappa shape index (κ1) is 16.3. The molecule has 0 saturated carbocycles. The summed E-state index contributed by atoms with van der Waals surface area (Å²) in [5.41, 5.74) is -1.01. The Balaban J connectivity index is 2.73. The predicted molar refractivity (Wildman–Crippen MR) is 82.1 cm³/mol. The predicted octanol–water partition coefficient (Wildman–Crippen LogP) is 2.60. The molecule has 2 N–H and O–H groups in total. The number of carbonyl (C=O) groups excluding carboxylic acids is 1. The number of aromatic nitrogens is 1. The van der Waals surface area contributed by atoms with E-state index in [1.165, 1.54) is 19.2 Å². The molecule has 6 nitrogen and oxygen atoms in total. The number of pyridine rings is 1. The fraction of sp³-hybridized carbons (Fsp3) is 0.214. The highest BCUT2D eigenvalue weighted by Gasteiger charge is 2.23. The standard InChI is InChI=1S/C14H11Cl2NO5/c1-17-12-6(2-3-7(15)11(12)16)13(21)10(14(17)22)8(18)4-5-9(19)20/h2-3,21H,4-5H2,1H3,(H,19,20). The van der Waals surface area contributed by atoms with Crippen LogP contribution in [0.2, 0.25) is 10.0 Å². The molecule has 0 aliphatic carbocycles. The minimum absolute atomic E-state index is 0.0820. The van der Waals surface area contributed by atoms with Crippen molar-refractivity contribution in [2.75, 3.05) is 0 Å². The van der Waals surface area contributed by atoms with Crippen LogP contribution < -0.4 is 5.56 Å².